The number of nitrogens with zero attached hydrogens (tertiary/aromatic N) is 1. The number of hydrogen-bond donors (Lipinski definition) is 1. The second kappa shape index (κ2) is 4.75. The molecule has 0 atom stereocenters. The number of hydrogen-bond acceptors (Lipinski definition) is 2. The zero-order valence-corrected chi connectivity index (χ0v) is 10.5. The number of halogens is 1. The summed E-state index contributed by atoms with van der Waals surface area (Å²) in [6, 6.07) is 4.85. The molecule has 1 aliphatic heterocycles. The molecule has 1 N–H and O–H groups in total. The Kier molecular flexibility index (Phi) is 3.50. The normalized spacial score (nSPS) is 20.5. The second-order valence-electron chi connectivity index (χ2n) is 4.98. The van der Waals surface area contributed by atoms with Gasteiger partial charge in [-0.05, 0) is 49.6 Å². The van der Waals surface area contributed by atoms with Crippen LogP contribution in [-0.4, -0.2) is 29.6 Å². The molecule has 1 heterocycles. The summed E-state index contributed by atoms with van der Waals surface area (Å²) in [7, 11) is 0. The van der Waals surface area contributed by atoms with Gasteiger partial charge in [-0.1, -0.05) is 13.0 Å². The monoisotopic (exact) mass is 237 g/mol. The molecule has 2 rings (SSSR count). The summed E-state index contributed by atoms with van der Waals surface area (Å²) in [5.74, 6) is -0.258. The second-order valence-corrected chi connectivity index (χ2v) is 4.98. The van der Waals surface area contributed by atoms with E-state index in [1.54, 1.807) is 0 Å². The van der Waals surface area contributed by atoms with Crippen LogP contribution in [0.1, 0.15) is 30.9 Å². The lowest BCUT2D eigenvalue weighted by Gasteiger charge is -2.38. The molecular formula is C14H20FNO. The molecule has 1 saturated heterocycles. The maximum Gasteiger partial charge on any atom is 0.123 e. The van der Waals surface area contributed by atoms with Crippen LogP contribution < -0.4 is 0 Å². The average Bonchev–Trinajstić information content (AvgIpc) is 2.29. The van der Waals surface area contributed by atoms with Crippen LogP contribution in [0.2, 0.25) is 0 Å². The van der Waals surface area contributed by atoms with Crippen molar-refractivity contribution in [3.63, 3.8) is 0 Å². The molecule has 0 radical (unpaired) electrons. The highest BCUT2D eigenvalue weighted by Gasteiger charge is 2.33. The van der Waals surface area contributed by atoms with Crippen molar-refractivity contribution in [2.45, 2.75) is 32.3 Å². The van der Waals surface area contributed by atoms with E-state index in [4.69, 9.17) is 0 Å². The molecule has 1 aliphatic rings. The first-order chi connectivity index (χ1) is 8.03. The lowest BCUT2D eigenvalue weighted by molar-refractivity contribution is -0.0249. The number of piperidine rings is 1. The fourth-order valence-corrected chi connectivity index (χ4v) is 2.53. The number of aryl methyl sites for hydroxylation is 1. The Balaban J connectivity index is 2.21. The molecular weight excluding hydrogens is 217 g/mol. The highest BCUT2D eigenvalue weighted by molar-refractivity contribution is 5.29. The Morgan fingerprint density at radius 1 is 1.29 bits per heavy atom. The van der Waals surface area contributed by atoms with Crippen molar-refractivity contribution in [3.05, 3.63) is 35.1 Å². The summed E-state index contributed by atoms with van der Waals surface area (Å²) in [4.78, 5) is 2.31. The van der Waals surface area contributed by atoms with E-state index >= 15 is 0 Å². The van der Waals surface area contributed by atoms with Crippen molar-refractivity contribution in [2.75, 3.05) is 19.6 Å². The van der Waals surface area contributed by atoms with Crippen LogP contribution in [0, 0.1) is 12.7 Å². The third kappa shape index (κ3) is 2.67. The van der Waals surface area contributed by atoms with Gasteiger partial charge >= 0.3 is 0 Å². The average molecular weight is 237 g/mol. The van der Waals surface area contributed by atoms with E-state index in [9.17, 15) is 9.50 Å². The van der Waals surface area contributed by atoms with E-state index in [2.05, 4.69) is 11.8 Å². The van der Waals surface area contributed by atoms with E-state index in [0.29, 0.717) is 12.8 Å². The minimum absolute atomic E-state index is 0.258. The molecule has 0 unspecified atom stereocenters. The van der Waals surface area contributed by atoms with Crippen LogP contribution in [0.15, 0.2) is 18.2 Å². The van der Waals surface area contributed by atoms with E-state index in [-0.39, 0.29) is 5.82 Å². The Morgan fingerprint density at radius 3 is 2.47 bits per heavy atom. The topological polar surface area (TPSA) is 23.5 Å². The number of aliphatic hydroxyl groups is 1. The van der Waals surface area contributed by atoms with Gasteiger partial charge in [-0.3, -0.25) is 0 Å². The van der Waals surface area contributed by atoms with Crippen LogP contribution in [0.4, 0.5) is 4.39 Å². The Hall–Kier alpha value is -0.930. The predicted octanol–water partition coefficient (Wildman–Crippen LogP) is 2.44. The van der Waals surface area contributed by atoms with E-state index in [1.807, 2.05) is 13.0 Å². The summed E-state index contributed by atoms with van der Waals surface area (Å²) in [6.45, 7) is 6.75. The molecule has 0 bridgehead atoms. The lowest BCUT2D eigenvalue weighted by atomic mass is 9.84. The van der Waals surface area contributed by atoms with Gasteiger partial charge in [0.1, 0.15) is 5.82 Å². The van der Waals surface area contributed by atoms with Gasteiger partial charge in [0.25, 0.3) is 0 Å². The molecule has 94 valence electrons. The third-order valence-corrected chi connectivity index (χ3v) is 3.71. The molecule has 0 aliphatic carbocycles. The minimum atomic E-state index is -0.849. The molecule has 0 spiro atoms. The highest BCUT2D eigenvalue weighted by Crippen LogP contribution is 2.33. The predicted molar refractivity (Wildman–Crippen MR) is 66.4 cm³/mol. The fraction of sp³-hybridized carbons (Fsp3) is 0.571. The first-order valence-corrected chi connectivity index (χ1v) is 6.26. The first-order valence-electron chi connectivity index (χ1n) is 6.26. The highest BCUT2D eigenvalue weighted by atomic mass is 19.1. The molecule has 1 aromatic rings. The zero-order valence-electron chi connectivity index (χ0n) is 10.5. The van der Waals surface area contributed by atoms with Gasteiger partial charge in [0.15, 0.2) is 0 Å². The number of benzene rings is 1. The number of likely N-dealkylation sites (tertiary alicyclic amines) is 1. The summed E-state index contributed by atoms with van der Waals surface area (Å²) in [5.41, 5.74) is 0.746. The molecule has 0 amide bonds. The smallest absolute Gasteiger partial charge is 0.123 e. The van der Waals surface area contributed by atoms with Crippen molar-refractivity contribution < 1.29 is 9.50 Å². The molecule has 0 saturated carbocycles. The van der Waals surface area contributed by atoms with Crippen LogP contribution in [0.5, 0.6) is 0 Å². The van der Waals surface area contributed by atoms with E-state index < -0.39 is 5.60 Å². The third-order valence-electron chi connectivity index (χ3n) is 3.71. The Morgan fingerprint density at radius 2 is 1.94 bits per heavy atom. The SMILES string of the molecule is CCN1CCC(O)(c2cc(C)cc(F)c2)CC1. The maximum absolute atomic E-state index is 13.4. The van der Waals surface area contributed by atoms with Crippen molar-refractivity contribution >= 4 is 0 Å². The molecule has 3 heteroatoms. The van der Waals surface area contributed by atoms with Crippen LogP contribution in [0.3, 0.4) is 0 Å². The molecule has 2 nitrogen and oxygen atoms in total. The lowest BCUT2D eigenvalue weighted by Crippen LogP contribution is -2.42. The first kappa shape index (κ1) is 12.5. The van der Waals surface area contributed by atoms with Crippen molar-refractivity contribution in [3.8, 4) is 0 Å². The van der Waals surface area contributed by atoms with Crippen molar-refractivity contribution in [2.24, 2.45) is 0 Å². The number of rotatable bonds is 2. The van der Waals surface area contributed by atoms with Gasteiger partial charge in [0.2, 0.25) is 0 Å². The maximum atomic E-state index is 13.4. The van der Waals surface area contributed by atoms with Gasteiger partial charge in [0.05, 0.1) is 5.60 Å². The van der Waals surface area contributed by atoms with E-state index in [0.717, 1.165) is 30.8 Å². The minimum Gasteiger partial charge on any atom is -0.385 e. The molecule has 1 fully saturated rings. The fourth-order valence-electron chi connectivity index (χ4n) is 2.53. The van der Waals surface area contributed by atoms with Crippen molar-refractivity contribution in [1.29, 1.82) is 0 Å². The summed E-state index contributed by atoms with van der Waals surface area (Å²) >= 11 is 0. The Bertz CT molecular complexity index is 377. The largest absolute Gasteiger partial charge is 0.385 e. The molecule has 1 aromatic carbocycles. The quantitative estimate of drug-likeness (QED) is 0.854. The summed E-state index contributed by atoms with van der Waals surface area (Å²) in [6.07, 6.45) is 1.37. The van der Waals surface area contributed by atoms with Gasteiger partial charge < -0.3 is 10.0 Å². The zero-order chi connectivity index (χ0) is 12.5. The molecule has 0 aromatic heterocycles. The molecule has 17 heavy (non-hydrogen) atoms. The standard InChI is InChI=1S/C14H20FNO/c1-3-16-6-4-14(17,5-7-16)12-8-11(2)9-13(15)10-12/h8-10,17H,3-7H2,1-2H3. The van der Waals surface area contributed by atoms with Crippen molar-refractivity contribution in [1.82, 2.24) is 4.90 Å². The van der Waals surface area contributed by atoms with Gasteiger partial charge in [-0.15, -0.1) is 0 Å². The van der Waals surface area contributed by atoms with E-state index in [1.165, 1.54) is 12.1 Å². The van der Waals surface area contributed by atoms with Gasteiger partial charge in [-0.2, -0.15) is 0 Å². The van der Waals surface area contributed by atoms with Gasteiger partial charge in [-0.25, -0.2) is 4.39 Å². The van der Waals surface area contributed by atoms with Crippen LogP contribution >= 0.6 is 0 Å². The van der Waals surface area contributed by atoms with Crippen LogP contribution in [0.25, 0.3) is 0 Å². The Labute approximate surface area is 102 Å². The van der Waals surface area contributed by atoms with Gasteiger partial charge in [0, 0.05) is 13.1 Å². The summed E-state index contributed by atoms with van der Waals surface area (Å²) in [5, 5.41) is 10.6. The summed E-state index contributed by atoms with van der Waals surface area (Å²) < 4.78 is 13.4. The van der Waals surface area contributed by atoms with Crippen LogP contribution in [-0.2, 0) is 5.60 Å².